The molecule has 0 aromatic heterocycles. The third-order valence-electron chi connectivity index (χ3n) is 2.42. The Balaban J connectivity index is 2.25. The molecule has 0 unspecified atom stereocenters. The van der Waals surface area contributed by atoms with Crippen LogP contribution in [0.15, 0.2) is 45.3 Å². The Morgan fingerprint density at radius 2 is 1.89 bits per heavy atom. The zero-order valence-electron chi connectivity index (χ0n) is 9.58. The number of rotatable bonds is 2. The third-order valence-corrected chi connectivity index (χ3v) is 3.57. The van der Waals surface area contributed by atoms with Crippen LogP contribution in [-0.4, -0.2) is 5.91 Å². The van der Waals surface area contributed by atoms with Gasteiger partial charge in [-0.2, -0.15) is 0 Å². The average Bonchev–Trinajstić information content (AvgIpc) is 2.32. The molecule has 0 aliphatic heterocycles. The SMILES string of the molecule is Nc1ccc(NC(=O)c2ccc(Br)cc2F)c(Br)c1. The summed E-state index contributed by atoms with van der Waals surface area (Å²) in [5, 5.41) is 2.62. The Bertz CT molecular complexity index is 647. The first kappa shape index (κ1) is 14.0. The third kappa shape index (κ3) is 3.33. The Morgan fingerprint density at radius 1 is 1.16 bits per heavy atom. The highest BCUT2D eigenvalue weighted by molar-refractivity contribution is 9.10. The van der Waals surface area contributed by atoms with E-state index in [0.29, 0.717) is 20.3 Å². The molecule has 0 saturated carbocycles. The van der Waals surface area contributed by atoms with Crippen molar-refractivity contribution in [2.75, 3.05) is 11.1 Å². The van der Waals surface area contributed by atoms with E-state index in [4.69, 9.17) is 5.73 Å². The van der Waals surface area contributed by atoms with Gasteiger partial charge in [0.2, 0.25) is 0 Å². The molecule has 1 amide bonds. The van der Waals surface area contributed by atoms with Crippen LogP contribution in [-0.2, 0) is 0 Å². The molecule has 19 heavy (non-hydrogen) atoms. The fourth-order valence-corrected chi connectivity index (χ4v) is 2.32. The van der Waals surface area contributed by atoms with Crippen LogP contribution in [0.1, 0.15) is 10.4 Å². The lowest BCUT2D eigenvalue weighted by Crippen LogP contribution is -2.14. The van der Waals surface area contributed by atoms with Gasteiger partial charge in [-0.25, -0.2) is 4.39 Å². The highest BCUT2D eigenvalue weighted by Gasteiger charge is 2.13. The largest absolute Gasteiger partial charge is 0.399 e. The number of hydrogen-bond acceptors (Lipinski definition) is 2. The lowest BCUT2D eigenvalue weighted by Gasteiger charge is -2.09. The van der Waals surface area contributed by atoms with E-state index in [1.807, 2.05) is 0 Å². The number of carbonyl (C=O) groups is 1. The van der Waals surface area contributed by atoms with Crippen molar-refractivity contribution in [1.29, 1.82) is 0 Å². The van der Waals surface area contributed by atoms with E-state index in [-0.39, 0.29) is 5.56 Å². The summed E-state index contributed by atoms with van der Waals surface area (Å²) in [5.74, 6) is -1.10. The van der Waals surface area contributed by atoms with Crippen molar-refractivity contribution in [1.82, 2.24) is 0 Å². The highest BCUT2D eigenvalue weighted by Crippen LogP contribution is 2.25. The van der Waals surface area contributed by atoms with E-state index < -0.39 is 11.7 Å². The average molecular weight is 388 g/mol. The van der Waals surface area contributed by atoms with Gasteiger partial charge in [-0.05, 0) is 52.3 Å². The van der Waals surface area contributed by atoms with E-state index in [0.717, 1.165) is 0 Å². The maximum atomic E-state index is 13.6. The molecule has 2 rings (SSSR count). The van der Waals surface area contributed by atoms with Crippen LogP contribution in [0.4, 0.5) is 15.8 Å². The minimum atomic E-state index is -0.585. The molecule has 0 atom stereocenters. The summed E-state index contributed by atoms with van der Waals surface area (Å²) >= 11 is 6.42. The number of halogens is 3. The molecular formula is C13H9Br2FN2O. The first-order chi connectivity index (χ1) is 8.97. The Kier molecular flexibility index (Phi) is 4.21. The number of anilines is 2. The molecule has 2 aromatic rings. The predicted octanol–water partition coefficient (Wildman–Crippen LogP) is 4.19. The van der Waals surface area contributed by atoms with E-state index in [1.54, 1.807) is 24.3 Å². The Hall–Kier alpha value is -1.40. The van der Waals surface area contributed by atoms with Gasteiger partial charge in [0.1, 0.15) is 5.82 Å². The minimum absolute atomic E-state index is 0.0214. The zero-order valence-corrected chi connectivity index (χ0v) is 12.8. The van der Waals surface area contributed by atoms with Crippen LogP contribution in [0.25, 0.3) is 0 Å². The summed E-state index contributed by atoms with van der Waals surface area (Å²) in [6, 6.07) is 9.23. The number of amides is 1. The van der Waals surface area contributed by atoms with Crippen molar-refractivity contribution in [3.05, 3.63) is 56.7 Å². The monoisotopic (exact) mass is 386 g/mol. The van der Waals surface area contributed by atoms with Crippen molar-refractivity contribution in [2.24, 2.45) is 0 Å². The predicted molar refractivity (Wildman–Crippen MR) is 80.6 cm³/mol. The standard InChI is InChI=1S/C13H9Br2FN2O/c14-7-1-3-9(11(16)5-7)13(19)18-12-4-2-8(17)6-10(12)15/h1-6H,17H2,(H,18,19). The molecule has 0 radical (unpaired) electrons. The highest BCUT2D eigenvalue weighted by atomic mass is 79.9. The second kappa shape index (κ2) is 5.71. The lowest BCUT2D eigenvalue weighted by atomic mass is 10.2. The number of hydrogen-bond donors (Lipinski definition) is 2. The molecule has 98 valence electrons. The summed E-state index contributed by atoms with van der Waals surface area (Å²) in [4.78, 5) is 12.0. The zero-order chi connectivity index (χ0) is 14.0. The Labute approximate surface area is 126 Å². The molecule has 0 bridgehead atoms. The summed E-state index contributed by atoms with van der Waals surface area (Å²) in [6.07, 6.45) is 0. The molecule has 3 nitrogen and oxygen atoms in total. The van der Waals surface area contributed by atoms with Gasteiger partial charge in [-0.15, -0.1) is 0 Å². The maximum Gasteiger partial charge on any atom is 0.258 e. The van der Waals surface area contributed by atoms with Crippen LogP contribution >= 0.6 is 31.9 Å². The van der Waals surface area contributed by atoms with Crippen LogP contribution in [0.3, 0.4) is 0 Å². The smallest absolute Gasteiger partial charge is 0.258 e. The fraction of sp³-hybridized carbons (Fsp3) is 0. The van der Waals surface area contributed by atoms with E-state index in [2.05, 4.69) is 37.2 Å². The van der Waals surface area contributed by atoms with Crippen LogP contribution in [0.2, 0.25) is 0 Å². The van der Waals surface area contributed by atoms with Crippen molar-refractivity contribution in [3.8, 4) is 0 Å². The van der Waals surface area contributed by atoms with E-state index in [9.17, 15) is 9.18 Å². The summed E-state index contributed by atoms with van der Waals surface area (Å²) < 4.78 is 14.9. The van der Waals surface area contributed by atoms with Gasteiger partial charge >= 0.3 is 0 Å². The first-order valence-electron chi connectivity index (χ1n) is 5.29. The number of benzene rings is 2. The normalized spacial score (nSPS) is 10.3. The van der Waals surface area contributed by atoms with Gasteiger partial charge in [0.15, 0.2) is 0 Å². The molecule has 0 spiro atoms. The first-order valence-corrected chi connectivity index (χ1v) is 6.87. The van der Waals surface area contributed by atoms with Gasteiger partial charge in [-0.3, -0.25) is 4.79 Å². The minimum Gasteiger partial charge on any atom is -0.399 e. The van der Waals surface area contributed by atoms with Gasteiger partial charge < -0.3 is 11.1 Å². The van der Waals surface area contributed by atoms with E-state index >= 15 is 0 Å². The molecule has 0 fully saturated rings. The van der Waals surface area contributed by atoms with Crippen molar-refractivity contribution < 1.29 is 9.18 Å². The van der Waals surface area contributed by atoms with E-state index in [1.165, 1.54) is 12.1 Å². The molecule has 6 heteroatoms. The number of nitrogens with two attached hydrogens (primary N) is 1. The molecule has 2 aromatic carbocycles. The summed E-state index contributed by atoms with van der Waals surface area (Å²) in [7, 11) is 0. The van der Waals surface area contributed by atoms with Crippen LogP contribution in [0.5, 0.6) is 0 Å². The Morgan fingerprint density at radius 3 is 2.53 bits per heavy atom. The number of nitrogen functional groups attached to an aromatic ring is 1. The number of carbonyl (C=O) groups excluding carboxylic acids is 1. The molecule has 0 saturated heterocycles. The second-order valence-corrected chi connectivity index (χ2v) is 5.59. The second-order valence-electron chi connectivity index (χ2n) is 3.82. The molecule has 0 heterocycles. The van der Waals surface area contributed by atoms with Crippen LogP contribution < -0.4 is 11.1 Å². The molecule has 3 N–H and O–H groups in total. The fourth-order valence-electron chi connectivity index (χ4n) is 1.50. The topological polar surface area (TPSA) is 55.1 Å². The number of nitrogens with one attached hydrogen (secondary N) is 1. The van der Waals surface area contributed by atoms with Crippen LogP contribution in [0, 0.1) is 5.82 Å². The van der Waals surface area contributed by atoms with Crippen molar-refractivity contribution in [2.45, 2.75) is 0 Å². The lowest BCUT2D eigenvalue weighted by molar-refractivity contribution is 0.102. The molecule has 0 aliphatic carbocycles. The van der Waals surface area contributed by atoms with Gasteiger partial charge in [0.25, 0.3) is 5.91 Å². The van der Waals surface area contributed by atoms with Crippen molar-refractivity contribution in [3.63, 3.8) is 0 Å². The summed E-state index contributed by atoms with van der Waals surface area (Å²) in [5.41, 5.74) is 6.68. The molecule has 0 aliphatic rings. The maximum absolute atomic E-state index is 13.6. The van der Waals surface area contributed by atoms with Gasteiger partial charge in [0.05, 0.1) is 11.3 Å². The molecular weight excluding hydrogens is 379 g/mol. The van der Waals surface area contributed by atoms with Crippen molar-refractivity contribution >= 4 is 49.1 Å². The van der Waals surface area contributed by atoms with Gasteiger partial charge in [0, 0.05) is 14.6 Å². The summed E-state index contributed by atoms with van der Waals surface area (Å²) in [6.45, 7) is 0. The quantitative estimate of drug-likeness (QED) is 0.759. The van der Waals surface area contributed by atoms with Gasteiger partial charge in [-0.1, -0.05) is 15.9 Å².